The molecule has 85 valence electrons. The Hall–Kier alpha value is 0.829. The average Bonchev–Trinajstić information content (AvgIpc) is 1.77. The zero-order valence-corrected chi connectivity index (χ0v) is 12.1. The van der Waals surface area contributed by atoms with Crippen molar-refractivity contribution in [1.82, 2.24) is 0 Å². The van der Waals surface area contributed by atoms with Crippen molar-refractivity contribution in [1.29, 1.82) is 0 Å². The zero-order valence-electron chi connectivity index (χ0n) is 7.93. The van der Waals surface area contributed by atoms with Gasteiger partial charge in [-0.3, -0.25) is 0 Å². The summed E-state index contributed by atoms with van der Waals surface area (Å²) in [4.78, 5) is 0. The molecular weight excluding hydrogens is 310 g/mol. The van der Waals surface area contributed by atoms with Crippen molar-refractivity contribution >= 4 is 40.4 Å². The van der Waals surface area contributed by atoms with E-state index in [1.54, 1.807) is 0 Å². The van der Waals surface area contributed by atoms with Gasteiger partial charge in [-0.05, 0) is 12.5 Å². The molecule has 0 aliphatic heterocycles. The molecule has 0 aromatic carbocycles. The van der Waals surface area contributed by atoms with Crippen LogP contribution in [0, 0.1) is 20.8 Å². The molecule has 0 aliphatic carbocycles. The van der Waals surface area contributed by atoms with Crippen LogP contribution in [0.1, 0.15) is 17.1 Å². The van der Waals surface area contributed by atoms with Gasteiger partial charge in [-0.1, -0.05) is 0 Å². The van der Waals surface area contributed by atoms with E-state index in [1.807, 2.05) is 26.0 Å². The summed E-state index contributed by atoms with van der Waals surface area (Å²) in [6.07, 6.45) is 0. The van der Waals surface area contributed by atoms with Crippen molar-refractivity contribution in [2.75, 3.05) is 0 Å². The third-order valence-electron chi connectivity index (χ3n) is 1.18. The fourth-order valence-electron chi connectivity index (χ4n) is 0.996. The first-order valence-corrected chi connectivity index (χ1v) is 9.67. The van der Waals surface area contributed by atoms with Gasteiger partial charge in [-0.25, -0.2) is 4.42 Å². The van der Waals surface area contributed by atoms with E-state index >= 15 is 0 Å². The molecule has 0 bridgehead atoms. The van der Waals surface area contributed by atoms with Crippen LogP contribution in [0.15, 0.2) is 16.5 Å². The number of hydrogen-bond acceptors (Lipinski definition) is 0. The number of hydrogen-bond donors (Lipinski definition) is 0. The van der Waals surface area contributed by atoms with Gasteiger partial charge in [0.1, 0.15) is 0 Å². The second kappa shape index (κ2) is 6.42. The quantitative estimate of drug-likeness (QED) is 0.470. The van der Waals surface area contributed by atoms with Crippen molar-refractivity contribution in [3.8, 4) is 0 Å². The Kier molecular flexibility index (Phi) is 6.80. The molecule has 0 saturated carbocycles. The molecule has 1 rings (SSSR count). The second-order valence-corrected chi connectivity index (χ2v) is 13.6. The Morgan fingerprint density at radius 1 is 0.929 bits per heavy atom. The van der Waals surface area contributed by atoms with Gasteiger partial charge in [-0.15, -0.1) is 0 Å². The molecule has 0 N–H and O–H groups in total. The molecule has 1 aromatic heterocycles. The summed E-state index contributed by atoms with van der Waals surface area (Å²) >= 11 is 0. The first kappa shape index (κ1) is 14.8. The van der Waals surface area contributed by atoms with Crippen LogP contribution in [0.4, 0.5) is 0 Å². The minimum absolute atomic E-state index is 0.979. The maximum atomic E-state index is 5.26. The Labute approximate surface area is 103 Å². The molecule has 14 heavy (non-hydrogen) atoms. The van der Waals surface area contributed by atoms with E-state index in [0.29, 0.717) is 0 Å². The van der Waals surface area contributed by atoms with Gasteiger partial charge in [0, 0.05) is 12.1 Å². The van der Waals surface area contributed by atoms with E-state index in [2.05, 4.69) is 6.92 Å². The Bertz CT molecular complexity index is 241. The minimum atomic E-state index is -2.61. The van der Waals surface area contributed by atoms with Crippen molar-refractivity contribution < 1.29 is 13.6 Å². The van der Waals surface area contributed by atoms with E-state index in [4.69, 9.17) is 44.8 Å². The van der Waals surface area contributed by atoms with Crippen LogP contribution in [-0.4, -0.2) is 0 Å². The van der Waals surface area contributed by atoms with Crippen molar-refractivity contribution in [2.45, 2.75) is 20.8 Å². The Morgan fingerprint density at radius 2 is 1.21 bits per heavy atom. The molecule has 1 aromatic rings. The van der Waals surface area contributed by atoms with Gasteiger partial charge in [0.25, 0.3) is 0 Å². The molecule has 0 spiro atoms. The second-order valence-electron chi connectivity index (χ2n) is 2.66. The van der Waals surface area contributed by atoms with Crippen molar-refractivity contribution in [3.63, 3.8) is 0 Å². The summed E-state index contributed by atoms with van der Waals surface area (Å²) in [5.74, 6) is 1.96. The molecule has 0 fully saturated rings. The van der Waals surface area contributed by atoms with E-state index in [1.165, 1.54) is 5.56 Å². The SMILES string of the molecule is Cc1cc(C)[o+]c(C)c1.[Cl][Fe-]([Cl])([Cl])[Cl]. The summed E-state index contributed by atoms with van der Waals surface area (Å²) in [5.41, 5.74) is 1.26. The van der Waals surface area contributed by atoms with Gasteiger partial charge in [0.15, 0.2) is 0 Å². The Balaban J connectivity index is 0.000000292. The molecule has 0 unspecified atom stereocenters. The van der Waals surface area contributed by atoms with Crippen LogP contribution in [0.2, 0.25) is 0 Å². The molecule has 0 saturated heterocycles. The fraction of sp³-hybridized carbons (Fsp3) is 0.375. The third kappa shape index (κ3) is 10.9. The van der Waals surface area contributed by atoms with Crippen molar-refractivity contribution in [2.24, 2.45) is 0 Å². The molecule has 1 heterocycles. The molecule has 6 heteroatoms. The molecule has 0 radical (unpaired) electrons. The molecule has 0 amide bonds. The van der Waals surface area contributed by atoms with Gasteiger partial charge in [0.2, 0.25) is 0 Å². The maximum absolute atomic E-state index is 5.26. The number of aryl methyl sites for hydroxylation is 3. The topological polar surface area (TPSA) is 11.3 Å². The van der Waals surface area contributed by atoms with E-state index < -0.39 is 9.20 Å². The first-order valence-electron chi connectivity index (χ1n) is 3.60. The van der Waals surface area contributed by atoms with Crippen LogP contribution in [0.25, 0.3) is 0 Å². The predicted octanol–water partition coefficient (Wildman–Crippen LogP) is 5.24. The fourth-order valence-corrected chi connectivity index (χ4v) is 0.996. The molecule has 0 aliphatic rings. The van der Waals surface area contributed by atoms with Crippen LogP contribution in [0.5, 0.6) is 0 Å². The summed E-state index contributed by atoms with van der Waals surface area (Å²) in [7, 11) is 17.2. The summed E-state index contributed by atoms with van der Waals surface area (Å²) < 4.78 is 5.26. The van der Waals surface area contributed by atoms with E-state index in [-0.39, 0.29) is 0 Å². The molecule has 0 atom stereocenters. The van der Waals surface area contributed by atoms with Crippen LogP contribution in [0.3, 0.4) is 0 Å². The van der Waals surface area contributed by atoms with Gasteiger partial charge in [0.05, 0.1) is 13.8 Å². The standard InChI is InChI=1S/C8H11O.4ClH.Fe/c1-6-4-7(2)9-8(3)5-6;;;;;/h4-5H,1-3H3;4*1H;/q+1;;;;;+3/p-4. The Morgan fingerprint density at radius 3 is 1.43 bits per heavy atom. The van der Waals surface area contributed by atoms with Gasteiger partial charge in [-0.2, -0.15) is 0 Å². The number of rotatable bonds is 0. The molecule has 1 nitrogen and oxygen atoms in total. The summed E-state index contributed by atoms with van der Waals surface area (Å²) in [6.45, 7) is 5.98. The van der Waals surface area contributed by atoms with Gasteiger partial charge < -0.3 is 0 Å². The summed E-state index contributed by atoms with van der Waals surface area (Å²) in [6, 6.07) is 4.04. The monoisotopic (exact) mass is 319 g/mol. The molecular formula is C8H11Cl4FeO. The van der Waals surface area contributed by atoms with Gasteiger partial charge >= 0.3 is 61.1 Å². The zero-order chi connectivity index (χ0) is 11.4. The summed E-state index contributed by atoms with van der Waals surface area (Å²) in [5, 5.41) is 0. The van der Waals surface area contributed by atoms with Crippen molar-refractivity contribution in [3.05, 3.63) is 29.2 Å². The normalized spacial score (nSPS) is 11.6. The first-order chi connectivity index (χ1) is 6.18. The average molecular weight is 321 g/mol. The van der Waals surface area contributed by atoms with Crippen LogP contribution in [-0.2, 0) is 9.20 Å². The predicted molar refractivity (Wildman–Crippen MR) is 60.7 cm³/mol. The van der Waals surface area contributed by atoms with E-state index in [0.717, 1.165) is 11.5 Å². The van der Waals surface area contributed by atoms with Crippen LogP contribution >= 0.6 is 40.4 Å². The van der Waals surface area contributed by atoms with E-state index in [9.17, 15) is 0 Å². The number of halogens is 4. The third-order valence-corrected chi connectivity index (χ3v) is 1.18. The van der Waals surface area contributed by atoms with Crippen LogP contribution < -0.4 is 0 Å².